The Morgan fingerprint density at radius 3 is 2.57 bits per heavy atom. The van der Waals surface area contributed by atoms with Crippen molar-refractivity contribution in [1.82, 2.24) is 10.2 Å². The van der Waals surface area contributed by atoms with E-state index in [-0.39, 0.29) is 11.8 Å². The van der Waals surface area contributed by atoms with Crippen molar-refractivity contribution in [3.05, 3.63) is 35.3 Å². The maximum atomic E-state index is 12.3. The highest BCUT2D eigenvalue weighted by Crippen LogP contribution is 2.59. The molecular weight excluding hydrogens is 357 g/mol. The number of ether oxygens (including phenoxy) is 1. The standard InChI is InChI=1S/C15H15Cl2N3O2S/c1-14(2,12(21)19-13-20-18-8-23-13)22-10-5-3-9(4-6-10)11-7-15(11,16)17/h3-6,8,11H,7H2,1-2H3,(H,19,20,21). The van der Waals surface area contributed by atoms with E-state index in [1.165, 1.54) is 11.3 Å². The first-order chi connectivity index (χ1) is 10.8. The predicted molar refractivity (Wildman–Crippen MR) is 91.5 cm³/mol. The molecule has 0 spiro atoms. The van der Waals surface area contributed by atoms with Crippen LogP contribution in [-0.4, -0.2) is 26.0 Å². The van der Waals surface area contributed by atoms with E-state index in [2.05, 4.69) is 15.5 Å². The van der Waals surface area contributed by atoms with Crippen molar-refractivity contribution in [2.45, 2.75) is 36.1 Å². The molecule has 1 unspecified atom stereocenters. The molecule has 1 amide bonds. The lowest BCUT2D eigenvalue weighted by molar-refractivity contribution is -0.128. The summed E-state index contributed by atoms with van der Waals surface area (Å²) in [4.78, 5) is 12.3. The second-order valence-electron chi connectivity index (χ2n) is 5.90. The van der Waals surface area contributed by atoms with Gasteiger partial charge in [-0.15, -0.1) is 33.4 Å². The molecule has 1 aromatic heterocycles. The summed E-state index contributed by atoms with van der Waals surface area (Å²) in [6.45, 7) is 3.39. The molecule has 23 heavy (non-hydrogen) atoms. The van der Waals surface area contributed by atoms with Crippen LogP contribution in [0, 0.1) is 0 Å². The van der Waals surface area contributed by atoms with E-state index in [1.54, 1.807) is 19.4 Å². The molecule has 1 saturated carbocycles. The van der Waals surface area contributed by atoms with Crippen LogP contribution >= 0.6 is 34.5 Å². The normalized spacial score (nSPS) is 19.2. The Morgan fingerprint density at radius 2 is 2.04 bits per heavy atom. The zero-order valence-electron chi connectivity index (χ0n) is 12.5. The van der Waals surface area contributed by atoms with Crippen molar-refractivity contribution in [3.8, 4) is 5.75 Å². The first-order valence-corrected chi connectivity index (χ1v) is 8.66. The predicted octanol–water partition coefficient (Wildman–Crippen LogP) is 4.00. The van der Waals surface area contributed by atoms with E-state index >= 15 is 0 Å². The summed E-state index contributed by atoms with van der Waals surface area (Å²) in [7, 11) is 0. The van der Waals surface area contributed by atoms with Crippen LogP contribution in [0.4, 0.5) is 5.13 Å². The molecule has 2 aromatic rings. The van der Waals surface area contributed by atoms with Crippen molar-refractivity contribution in [1.29, 1.82) is 0 Å². The fourth-order valence-electron chi connectivity index (χ4n) is 2.16. The van der Waals surface area contributed by atoms with Gasteiger partial charge in [0.05, 0.1) is 0 Å². The summed E-state index contributed by atoms with van der Waals surface area (Å²) in [6, 6.07) is 7.48. The van der Waals surface area contributed by atoms with Gasteiger partial charge < -0.3 is 4.74 Å². The van der Waals surface area contributed by atoms with Crippen molar-refractivity contribution < 1.29 is 9.53 Å². The number of rotatable bonds is 5. The van der Waals surface area contributed by atoms with Gasteiger partial charge in [0.2, 0.25) is 5.13 Å². The second-order valence-corrected chi connectivity index (χ2v) is 8.27. The summed E-state index contributed by atoms with van der Waals surface area (Å²) in [5.74, 6) is 0.469. The van der Waals surface area contributed by atoms with Crippen molar-refractivity contribution in [2.75, 3.05) is 5.32 Å². The molecule has 1 aliphatic carbocycles. The maximum Gasteiger partial charge on any atom is 0.269 e. The third-order valence-corrected chi connectivity index (χ3v) is 5.05. The largest absolute Gasteiger partial charge is 0.478 e. The van der Waals surface area contributed by atoms with Gasteiger partial charge in [-0.1, -0.05) is 23.5 Å². The van der Waals surface area contributed by atoms with Crippen LogP contribution < -0.4 is 10.1 Å². The molecule has 0 bridgehead atoms. The van der Waals surface area contributed by atoms with E-state index in [0.717, 1.165) is 12.0 Å². The molecule has 5 nitrogen and oxygen atoms in total. The Labute approximate surface area is 148 Å². The van der Waals surface area contributed by atoms with Crippen LogP contribution in [0.15, 0.2) is 29.8 Å². The lowest BCUT2D eigenvalue weighted by atomic mass is 10.1. The number of hydrogen-bond acceptors (Lipinski definition) is 5. The van der Waals surface area contributed by atoms with E-state index < -0.39 is 9.93 Å². The first-order valence-electron chi connectivity index (χ1n) is 7.02. The molecule has 1 N–H and O–H groups in total. The van der Waals surface area contributed by atoms with E-state index in [4.69, 9.17) is 27.9 Å². The Hall–Kier alpha value is -1.37. The number of benzene rings is 1. The molecule has 1 aromatic carbocycles. The van der Waals surface area contributed by atoms with Gasteiger partial charge in [0.15, 0.2) is 5.60 Å². The van der Waals surface area contributed by atoms with Crippen LogP contribution in [0.3, 0.4) is 0 Å². The van der Waals surface area contributed by atoms with Gasteiger partial charge >= 0.3 is 0 Å². The van der Waals surface area contributed by atoms with Gasteiger partial charge in [-0.25, -0.2) is 0 Å². The Bertz CT molecular complexity index is 702. The SMILES string of the molecule is CC(C)(Oc1ccc(C2CC2(Cl)Cl)cc1)C(=O)Nc1nncs1. The number of halogens is 2. The van der Waals surface area contributed by atoms with E-state index in [9.17, 15) is 4.79 Å². The fourth-order valence-corrected chi connectivity index (χ4v) is 3.16. The van der Waals surface area contributed by atoms with Gasteiger partial charge in [-0.05, 0) is 38.0 Å². The highest BCUT2D eigenvalue weighted by molar-refractivity contribution is 7.13. The average molecular weight is 372 g/mol. The molecule has 122 valence electrons. The highest BCUT2D eigenvalue weighted by atomic mass is 35.5. The number of hydrogen-bond donors (Lipinski definition) is 1. The third-order valence-electron chi connectivity index (χ3n) is 3.61. The number of nitrogens with one attached hydrogen (secondary N) is 1. The molecule has 0 saturated heterocycles. The summed E-state index contributed by atoms with van der Waals surface area (Å²) < 4.78 is 5.15. The van der Waals surface area contributed by atoms with E-state index in [1.807, 2.05) is 24.3 Å². The summed E-state index contributed by atoms with van der Waals surface area (Å²) >= 11 is 13.4. The van der Waals surface area contributed by atoms with E-state index in [0.29, 0.717) is 10.9 Å². The quantitative estimate of drug-likeness (QED) is 0.806. The third kappa shape index (κ3) is 3.76. The van der Waals surface area contributed by atoms with Gasteiger partial charge in [0.25, 0.3) is 5.91 Å². The van der Waals surface area contributed by atoms with Crippen LogP contribution in [0.1, 0.15) is 31.7 Å². The van der Waals surface area contributed by atoms with Crippen molar-refractivity contribution in [3.63, 3.8) is 0 Å². The van der Waals surface area contributed by atoms with Crippen molar-refractivity contribution in [2.24, 2.45) is 0 Å². The van der Waals surface area contributed by atoms with Gasteiger partial charge in [-0.2, -0.15) is 0 Å². The average Bonchev–Trinajstić information content (AvgIpc) is 2.87. The van der Waals surface area contributed by atoms with Crippen LogP contribution in [-0.2, 0) is 4.79 Å². The minimum absolute atomic E-state index is 0.161. The first kappa shape index (κ1) is 16.5. The Morgan fingerprint density at radius 1 is 1.39 bits per heavy atom. The van der Waals surface area contributed by atoms with Gasteiger partial charge in [-0.3, -0.25) is 10.1 Å². The molecular formula is C15H15Cl2N3O2S. The molecule has 1 aliphatic rings. The molecule has 1 fully saturated rings. The molecule has 3 rings (SSSR count). The number of nitrogens with zero attached hydrogens (tertiary/aromatic N) is 2. The monoisotopic (exact) mass is 371 g/mol. The topological polar surface area (TPSA) is 64.1 Å². The number of anilines is 1. The lowest BCUT2D eigenvalue weighted by Crippen LogP contribution is -2.42. The highest BCUT2D eigenvalue weighted by Gasteiger charge is 2.52. The number of carbonyl (C=O) groups excluding carboxylic acids is 1. The zero-order valence-corrected chi connectivity index (χ0v) is 14.9. The molecule has 8 heteroatoms. The summed E-state index contributed by atoms with van der Waals surface area (Å²) in [5.41, 5.74) is 1.57. The van der Waals surface area contributed by atoms with Crippen molar-refractivity contribution >= 4 is 45.6 Å². The van der Waals surface area contributed by atoms with Gasteiger partial charge in [0.1, 0.15) is 15.6 Å². The minimum Gasteiger partial charge on any atom is -0.478 e. The summed E-state index contributed by atoms with van der Waals surface area (Å²) in [5, 5.41) is 10.6. The van der Waals surface area contributed by atoms with Crippen LogP contribution in [0.2, 0.25) is 0 Å². The molecule has 0 radical (unpaired) electrons. The Kier molecular flexibility index (Phi) is 4.25. The summed E-state index contributed by atoms with van der Waals surface area (Å²) in [6.07, 6.45) is 0.756. The second kappa shape index (κ2) is 5.92. The number of carbonyl (C=O) groups is 1. The lowest BCUT2D eigenvalue weighted by Gasteiger charge is -2.24. The molecule has 0 aliphatic heterocycles. The Balaban J connectivity index is 1.64. The van der Waals surface area contributed by atoms with Gasteiger partial charge in [0, 0.05) is 5.92 Å². The smallest absolute Gasteiger partial charge is 0.269 e. The number of aromatic nitrogens is 2. The molecule has 1 atom stereocenters. The maximum absolute atomic E-state index is 12.3. The minimum atomic E-state index is -1.05. The number of amides is 1. The molecule has 1 heterocycles. The zero-order chi connectivity index (χ0) is 16.7. The van der Waals surface area contributed by atoms with Crippen LogP contribution in [0.25, 0.3) is 0 Å². The fraction of sp³-hybridized carbons (Fsp3) is 0.400. The number of alkyl halides is 2. The van der Waals surface area contributed by atoms with Crippen LogP contribution in [0.5, 0.6) is 5.75 Å².